The molecule has 1 saturated heterocycles. The minimum Gasteiger partial charge on any atom is -0.467 e. The first kappa shape index (κ1) is 16.0. The fourth-order valence-electron chi connectivity index (χ4n) is 3.38. The molecule has 6 heteroatoms. The third-order valence-electron chi connectivity index (χ3n) is 4.82. The van der Waals surface area contributed by atoms with Gasteiger partial charge in [-0.15, -0.1) is 0 Å². The fourth-order valence-corrected chi connectivity index (χ4v) is 3.38. The lowest BCUT2D eigenvalue weighted by atomic mass is 9.95. The molecule has 1 amide bonds. The summed E-state index contributed by atoms with van der Waals surface area (Å²) in [5.74, 6) is 2.64. The van der Waals surface area contributed by atoms with Crippen LogP contribution in [0.25, 0.3) is 0 Å². The van der Waals surface area contributed by atoms with Crippen molar-refractivity contribution in [3.8, 4) is 11.5 Å². The van der Waals surface area contributed by atoms with Crippen LogP contribution in [0.4, 0.5) is 0 Å². The second kappa shape index (κ2) is 7.19. The number of nitrogens with zero attached hydrogens (tertiary/aromatic N) is 1. The summed E-state index contributed by atoms with van der Waals surface area (Å²) in [6.45, 7) is 3.48. The lowest BCUT2D eigenvalue weighted by molar-refractivity contribution is -0.126. The van der Waals surface area contributed by atoms with Crippen molar-refractivity contribution in [2.45, 2.75) is 25.9 Å². The summed E-state index contributed by atoms with van der Waals surface area (Å²) in [5.41, 5.74) is 1.21. The lowest BCUT2D eigenvalue weighted by Crippen LogP contribution is -2.40. The van der Waals surface area contributed by atoms with Crippen LogP contribution in [0.5, 0.6) is 11.5 Å². The molecule has 2 aromatic rings. The summed E-state index contributed by atoms with van der Waals surface area (Å²) in [6.07, 6.45) is 3.39. The normalized spacial score (nSPS) is 17.6. The Hall–Kier alpha value is -2.47. The maximum Gasteiger partial charge on any atom is 0.231 e. The van der Waals surface area contributed by atoms with Crippen molar-refractivity contribution in [1.82, 2.24) is 10.2 Å². The second-order valence-electron chi connectivity index (χ2n) is 6.54. The molecule has 0 aliphatic carbocycles. The van der Waals surface area contributed by atoms with Gasteiger partial charge < -0.3 is 19.2 Å². The zero-order valence-corrected chi connectivity index (χ0v) is 14.1. The Morgan fingerprint density at radius 2 is 2.00 bits per heavy atom. The van der Waals surface area contributed by atoms with Crippen LogP contribution in [0.1, 0.15) is 24.2 Å². The summed E-state index contributed by atoms with van der Waals surface area (Å²) in [6, 6.07) is 9.79. The maximum atomic E-state index is 12.3. The third kappa shape index (κ3) is 3.79. The van der Waals surface area contributed by atoms with Gasteiger partial charge in [-0.2, -0.15) is 0 Å². The highest BCUT2D eigenvalue weighted by atomic mass is 16.7. The molecule has 2 aliphatic heterocycles. The molecule has 0 spiro atoms. The zero-order valence-electron chi connectivity index (χ0n) is 14.1. The van der Waals surface area contributed by atoms with Crippen LogP contribution >= 0.6 is 0 Å². The molecule has 0 atom stereocenters. The second-order valence-corrected chi connectivity index (χ2v) is 6.54. The van der Waals surface area contributed by atoms with Crippen molar-refractivity contribution in [3.05, 3.63) is 47.9 Å². The monoisotopic (exact) mass is 342 g/mol. The van der Waals surface area contributed by atoms with Gasteiger partial charge in [0.2, 0.25) is 12.7 Å². The largest absolute Gasteiger partial charge is 0.467 e. The van der Waals surface area contributed by atoms with Gasteiger partial charge in [-0.1, -0.05) is 6.07 Å². The van der Waals surface area contributed by atoms with Gasteiger partial charge in [-0.25, -0.2) is 0 Å². The Morgan fingerprint density at radius 1 is 1.16 bits per heavy atom. The average molecular weight is 342 g/mol. The van der Waals surface area contributed by atoms with E-state index in [1.165, 1.54) is 5.56 Å². The van der Waals surface area contributed by atoms with Crippen LogP contribution in [-0.2, 0) is 17.9 Å². The number of likely N-dealkylation sites (tertiary alicyclic amines) is 1. The van der Waals surface area contributed by atoms with Gasteiger partial charge in [0, 0.05) is 12.5 Å². The van der Waals surface area contributed by atoms with Gasteiger partial charge in [0.1, 0.15) is 5.76 Å². The maximum absolute atomic E-state index is 12.3. The van der Waals surface area contributed by atoms with Crippen molar-refractivity contribution in [2.75, 3.05) is 19.9 Å². The first-order chi connectivity index (χ1) is 12.3. The summed E-state index contributed by atoms with van der Waals surface area (Å²) in [4.78, 5) is 14.7. The predicted molar refractivity (Wildman–Crippen MR) is 91.1 cm³/mol. The number of hydrogen-bond acceptors (Lipinski definition) is 5. The molecule has 0 bridgehead atoms. The van der Waals surface area contributed by atoms with Crippen LogP contribution in [0, 0.1) is 5.92 Å². The highest BCUT2D eigenvalue weighted by molar-refractivity contribution is 5.78. The van der Waals surface area contributed by atoms with Crippen molar-refractivity contribution >= 4 is 5.91 Å². The molecular weight excluding hydrogens is 320 g/mol. The Kier molecular flexibility index (Phi) is 4.61. The molecule has 1 N–H and O–H groups in total. The van der Waals surface area contributed by atoms with Gasteiger partial charge in [-0.3, -0.25) is 9.69 Å². The van der Waals surface area contributed by atoms with Gasteiger partial charge in [0.25, 0.3) is 0 Å². The molecule has 3 heterocycles. The van der Waals surface area contributed by atoms with Crippen molar-refractivity contribution < 1.29 is 18.7 Å². The van der Waals surface area contributed by atoms with E-state index in [2.05, 4.69) is 16.3 Å². The van der Waals surface area contributed by atoms with E-state index in [4.69, 9.17) is 13.9 Å². The highest BCUT2D eigenvalue weighted by Gasteiger charge is 2.25. The summed E-state index contributed by atoms with van der Waals surface area (Å²) in [5, 5.41) is 2.97. The summed E-state index contributed by atoms with van der Waals surface area (Å²) >= 11 is 0. The molecule has 2 aliphatic rings. The predicted octanol–water partition coefficient (Wildman–Crippen LogP) is 2.54. The van der Waals surface area contributed by atoms with Gasteiger partial charge in [-0.05, 0) is 55.8 Å². The quantitative estimate of drug-likeness (QED) is 0.905. The minimum absolute atomic E-state index is 0.0861. The molecule has 0 radical (unpaired) electrons. The Labute approximate surface area is 146 Å². The zero-order chi connectivity index (χ0) is 17.1. The minimum atomic E-state index is 0.0861. The molecule has 0 saturated carbocycles. The van der Waals surface area contributed by atoms with Crippen LogP contribution in [0.2, 0.25) is 0 Å². The number of amides is 1. The molecule has 132 valence electrons. The van der Waals surface area contributed by atoms with Gasteiger partial charge in [0.15, 0.2) is 11.5 Å². The molecule has 25 heavy (non-hydrogen) atoms. The standard InChI is InChI=1S/C19H22N2O4/c22-19(20-11-16-2-1-9-23-16)15-5-7-21(8-6-15)12-14-3-4-17-18(10-14)25-13-24-17/h1-4,9-10,15H,5-8,11-13H2,(H,20,22). The fraction of sp³-hybridized carbons (Fsp3) is 0.421. The van der Waals surface area contributed by atoms with Crippen molar-refractivity contribution in [3.63, 3.8) is 0 Å². The van der Waals surface area contributed by atoms with E-state index >= 15 is 0 Å². The number of fused-ring (bicyclic) bond motifs is 1. The van der Waals surface area contributed by atoms with Crippen LogP contribution in [0.15, 0.2) is 41.0 Å². The van der Waals surface area contributed by atoms with Crippen molar-refractivity contribution in [1.29, 1.82) is 0 Å². The average Bonchev–Trinajstić information content (AvgIpc) is 3.31. The Balaban J connectivity index is 1.24. The Morgan fingerprint density at radius 3 is 2.80 bits per heavy atom. The van der Waals surface area contributed by atoms with Crippen molar-refractivity contribution in [2.24, 2.45) is 5.92 Å². The number of ether oxygens (including phenoxy) is 2. The molecule has 1 fully saturated rings. The number of nitrogens with one attached hydrogen (secondary N) is 1. The van der Waals surface area contributed by atoms with E-state index in [1.54, 1.807) is 6.26 Å². The number of hydrogen-bond donors (Lipinski definition) is 1. The van der Waals surface area contributed by atoms with Gasteiger partial charge in [0.05, 0.1) is 12.8 Å². The molecule has 4 rings (SSSR count). The highest BCUT2D eigenvalue weighted by Crippen LogP contribution is 2.33. The summed E-state index contributed by atoms with van der Waals surface area (Å²) in [7, 11) is 0. The van der Waals surface area contributed by atoms with Gasteiger partial charge >= 0.3 is 0 Å². The van der Waals surface area contributed by atoms with E-state index in [1.807, 2.05) is 24.3 Å². The molecule has 1 aromatic carbocycles. The smallest absolute Gasteiger partial charge is 0.231 e. The number of furan rings is 1. The number of piperidine rings is 1. The van der Waals surface area contributed by atoms with E-state index in [9.17, 15) is 4.79 Å². The number of carbonyl (C=O) groups excluding carboxylic acids is 1. The van der Waals surface area contributed by atoms with Crippen LogP contribution in [0.3, 0.4) is 0 Å². The third-order valence-corrected chi connectivity index (χ3v) is 4.82. The first-order valence-corrected chi connectivity index (χ1v) is 8.69. The molecule has 1 aromatic heterocycles. The Bertz CT molecular complexity index is 721. The van der Waals surface area contributed by atoms with Crippen LogP contribution in [-0.4, -0.2) is 30.7 Å². The molecular formula is C19H22N2O4. The molecule has 0 unspecified atom stereocenters. The SMILES string of the molecule is O=C(NCc1ccco1)C1CCN(Cc2ccc3c(c2)OCO3)CC1. The number of rotatable bonds is 5. The summed E-state index contributed by atoms with van der Waals surface area (Å²) < 4.78 is 16.0. The number of carbonyl (C=O) groups is 1. The van der Waals surface area contributed by atoms with E-state index in [0.717, 1.165) is 49.7 Å². The lowest BCUT2D eigenvalue weighted by Gasteiger charge is -2.31. The van der Waals surface area contributed by atoms with E-state index < -0.39 is 0 Å². The van der Waals surface area contributed by atoms with Crippen LogP contribution < -0.4 is 14.8 Å². The molecule has 6 nitrogen and oxygen atoms in total. The first-order valence-electron chi connectivity index (χ1n) is 8.69. The van der Waals surface area contributed by atoms with E-state index in [-0.39, 0.29) is 11.8 Å². The number of benzene rings is 1. The topological polar surface area (TPSA) is 63.9 Å². The van der Waals surface area contributed by atoms with E-state index in [0.29, 0.717) is 13.3 Å².